The summed E-state index contributed by atoms with van der Waals surface area (Å²) in [6.45, 7) is 0. The molecular weight excluding hydrogens is 93.7 g/mol. The van der Waals surface area contributed by atoms with Crippen LogP contribution in [0.3, 0.4) is 0 Å². The predicted octanol–water partition coefficient (Wildman–Crippen LogP) is 0.940. The SMILES string of the molecule is [B]C1CC([B])C2CC12. The van der Waals surface area contributed by atoms with Gasteiger partial charge in [0.1, 0.15) is 0 Å². The summed E-state index contributed by atoms with van der Waals surface area (Å²) in [6, 6.07) is 0. The second-order valence-electron chi connectivity index (χ2n) is 3.13. The van der Waals surface area contributed by atoms with Crippen LogP contribution in [0, 0.1) is 11.8 Å². The molecule has 2 rings (SSSR count). The van der Waals surface area contributed by atoms with Gasteiger partial charge in [0.2, 0.25) is 0 Å². The quantitative estimate of drug-likeness (QED) is 0.399. The molecule has 4 unspecified atom stereocenters. The first-order valence-corrected chi connectivity index (χ1v) is 3.30. The zero-order chi connectivity index (χ0) is 5.72. The van der Waals surface area contributed by atoms with Gasteiger partial charge in [0, 0.05) is 0 Å². The second kappa shape index (κ2) is 1.34. The van der Waals surface area contributed by atoms with Crippen molar-refractivity contribution in [2.75, 3.05) is 0 Å². The summed E-state index contributed by atoms with van der Waals surface area (Å²) in [7, 11) is 11.5. The molecule has 38 valence electrons. The molecule has 4 radical (unpaired) electrons. The summed E-state index contributed by atoms with van der Waals surface area (Å²) in [4.78, 5) is 0. The van der Waals surface area contributed by atoms with Crippen molar-refractivity contribution in [1.82, 2.24) is 0 Å². The Hall–Kier alpha value is 0.130. The van der Waals surface area contributed by atoms with Gasteiger partial charge in [-0.05, 0) is 18.3 Å². The largest absolute Gasteiger partial charge is 0.0748 e. The molecule has 2 saturated carbocycles. The summed E-state index contributed by atoms with van der Waals surface area (Å²) < 4.78 is 0. The minimum atomic E-state index is 0.440. The first kappa shape index (κ1) is 4.96. The van der Waals surface area contributed by atoms with E-state index in [0.29, 0.717) is 11.6 Å². The van der Waals surface area contributed by atoms with Gasteiger partial charge >= 0.3 is 0 Å². The topological polar surface area (TPSA) is 0 Å². The fraction of sp³-hybridized carbons (Fsp3) is 1.00. The highest BCUT2D eigenvalue weighted by atomic mass is 14.5. The maximum atomic E-state index is 5.73. The normalized spacial score (nSPS) is 60.5. The van der Waals surface area contributed by atoms with Gasteiger partial charge in [0.05, 0.1) is 15.7 Å². The third-order valence-electron chi connectivity index (χ3n) is 2.54. The highest BCUT2D eigenvalue weighted by Crippen LogP contribution is 2.61. The van der Waals surface area contributed by atoms with Crippen molar-refractivity contribution in [3.8, 4) is 0 Å². The molecule has 2 heteroatoms. The first-order chi connectivity index (χ1) is 3.79. The lowest BCUT2D eigenvalue weighted by Gasteiger charge is -2.05. The van der Waals surface area contributed by atoms with Gasteiger partial charge in [-0.1, -0.05) is 18.1 Å². The molecule has 0 aromatic carbocycles. The van der Waals surface area contributed by atoms with Gasteiger partial charge in [-0.25, -0.2) is 0 Å². The lowest BCUT2D eigenvalue weighted by Crippen LogP contribution is -1.92. The Bertz CT molecular complexity index is 97.1. The zero-order valence-electron chi connectivity index (χ0n) is 4.88. The number of rotatable bonds is 0. The minimum Gasteiger partial charge on any atom is -0.0748 e. The Morgan fingerprint density at radius 1 is 0.875 bits per heavy atom. The van der Waals surface area contributed by atoms with Crippen LogP contribution in [0.2, 0.25) is 11.6 Å². The fourth-order valence-electron chi connectivity index (χ4n) is 1.88. The smallest absolute Gasteiger partial charge is 0.0703 e. The molecule has 8 heavy (non-hydrogen) atoms. The first-order valence-electron chi connectivity index (χ1n) is 3.30. The summed E-state index contributed by atoms with van der Waals surface area (Å²) in [5, 5.41) is 0. The maximum Gasteiger partial charge on any atom is 0.0703 e. The van der Waals surface area contributed by atoms with Crippen molar-refractivity contribution < 1.29 is 0 Å². The fourth-order valence-corrected chi connectivity index (χ4v) is 1.88. The van der Waals surface area contributed by atoms with Crippen molar-refractivity contribution in [1.29, 1.82) is 0 Å². The minimum absolute atomic E-state index is 0.440. The molecule has 0 aromatic heterocycles. The number of hydrogen-bond acceptors (Lipinski definition) is 0. The molecule has 0 N–H and O–H groups in total. The average molecular weight is 102 g/mol. The Kier molecular flexibility index (Phi) is 0.832. The molecule has 2 fully saturated rings. The van der Waals surface area contributed by atoms with E-state index in [0.717, 1.165) is 18.3 Å². The van der Waals surface area contributed by atoms with E-state index >= 15 is 0 Å². The van der Waals surface area contributed by atoms with E-state index in [-0.39, 0.29) is 0 Å². The number of hydrogen-bond donors (Lipinski definition) is 0. The Morgan fingerprint density at radius 2 is 1.38 bits per heavy atom. The molecule has 2 aliphatic rings. The van der Waals surface area contributed by atoms with E-state index in [1.807, 2.05) is 0 Å². The van der Waals surface area contributed by atoms with Crippen molar-refractivity contribution in [2.24, 2.45) is 11.8 Å². The molecular formula is C6H8B2. The molecule has 0 aliphatic heterocycles. The average Bonchev–Trinajstić information content (AvgIpc) is 2.35. The Balaban J connectivity index is 2.09. The highest BCUT2D eigenvalue weighted by molar-refractivity contribution is 6.16. The third-order valence-corrected chi connectivity index (χ3v) is 2.54. The predicted molar refractivity (Wildman–Crippen MR) is 35.2 cm³/mol. The Morgan fingerprint density at radius 3 is 1.50 bits per heavy atom. The van der Waals surface area contributed by atoms with Crippen molar-refractivity contribution >= 4 is 15.7 Å². The molecule has 0 bridgehead atoms. The molecule has 2 aliphatic carbocycles. The maximum absolute atomic E-state index is 5.73. The van der Waals surface area contributed by atoms with Crippen molar-refractivity contribution in [3.63, 3.8) is 0 Å². The van der Waals surface area contributed by atoms with Gasteiger partial charge in [-0.3, -0.25) is 0 Å². The van der Waals surface area contributed by atoms with Crippen molar-refractivity contribution in [2.45, 2.75) is 24.5 Å². The lowest BCUT2D eigenvalue weighted by atomic mass is 9.76. The summed E-state index contributed by atoms with van der Waals surface area (Å²) in [5.74, 6) is 2.50. The summed E-state index contributed by atoms with van der Waals surface area (Å²) >= 11 is 0. The van der Waals surface area contributed by atoms with E-state index < -0.39 is 0 Å². The van der Waals surface area contributed by atoms with Crippen LogP contribution in [0.1, 0.15) is 12.8 Å². The van der Waals surface area contributed by atoms with E-state index in [1.54, 1.807) is 0 Å². The van der Waals surface area contributed by atoms with Crippen LogP contribution in [0.4, 0.5) is 0 Å². The van der Waals surface area contributed by atoms with Crippen LogP contribution >= 0.6 is 0 Å². The van der Waals surface area contributed by atoms with Gasteiger partial charge in [-0.15, -0.1) is 0 Å². The molecule has 0 spiro atoms. The lowest BCUT2D eigenvalue weighted by molar-refractivity contribution is 0.731. The zero-order valence-corrected chi connectivity index (χ0v) is 4.88. The second-order valence-corrected chi connectivity index (χ2v) is 3.13. The number of fused-ring (bicyclic) bond motifs is 1. The monoisotopic (exact) mass is 102 g/mol. The van der Waals surface area contributed by atoms with Crippen LogP contribution in [0.15, 0.2) is 0 Å². The molecule has 0 nitrogen and oxygen atoms in total. The van der Waals surface area contributed by atoms with Crippen LogP contribution in [0.5, 0.6) is 0 Å². The van der Waals surface area contributed by atoms with Crippen LogP contribution in [0.25, 0.3) is 0 Å². The van der Waals surface area contributed by atoms with Gasteiger partial charge in [-0.2, -0.15) is 0 Å². The van der Waals surface area contributed by atoms with E-state index in [1.165, 1.54) is 6.42 Å². The van der Waals surface area contributed by atoms with E-state index in [9.17, 15) is 0 Å². The van der Waals surface area contributed by atoms with Crippen molar-refractivity contribution in [3.05, 3.63) is 0 Å². The molecule has 0 saturated heterocycles. The highest BCUT2D eigenvalue weighted by Gasteiger charge is 2.49. The summed E-state index contributed by atoms with van der Waals surface area (Å²) in [5.41, 5.74) is 0. The van der Waals surface area contributed by atoms with E-state index in [4.69, 9.17) is 15.7 Å². The van der Waals surface area contributed by atoms with Crippen LogP contribution in [-0.4, -0.2) is 15.7 Å². The third kappa shape index (κ3) is 0.491. The van der Waals surface area contributed by atoms with Gasteiger partial charge in [0.25, 0.3) is 0 Å². The van der Waals surface area contributed by atoms with Gasteiger partial charge < -0.3 is 0 Å². The standard InChI is InChI=1S/C6H8B2/c7-5-2-6(8)4-1-3(4)5/h3-6H,1-2H2. The van der Waals surface area contributed by atoms with Crippen LogP contribution < -0.4 is 0 Å². The molecule has 4 atom stereocenters. The summed E-state index contributed by atoms with van der Waals surface area (Å²) in [6.07, 6.45) is 2.37. The Labute approximate surface area is 52.9 Å². The molecule has 0 amide bonds. The van der Waals surface area contributed by atoms with Gasteiger partial charge in [0.15, 0.2) is 0 Å². The molecule has 0 aromatic rings. The van der Waals surface area contributed by atoms with E-state index in [2.05, 4.69) is 0 Å². The molecule has 0 heterocycles. The van der Waals surface area contributed by atoms with Crippen LogP contribution in [-0.2, 0) is 0 Å².